The SMILES string of the molecule is NCCNC(=O)C1N(C(=O)c2cccnc2Cl)CCCN1S(=O)(=O)c1cccs1. The second kappa shape index (κ2) is 9.18. The van der Waals surface area contributed by atoms with Gasteiger partial charge in [0.25, 0.3) is 21.8 Å². The molecule has 2 aromatic rings. The summed E-state index contributed by atoms with van der Waals surface area (Å²) in [5, 5.41) is 4.21. The molecule has 0 aromatic carbocycles. The molecule has 3 rings (SSSR count). The van der Waals surface area contributed by atoms with Gasteiger partial charge in [-0.2, -0.15) is 4.31 Å². The van der Waals surface area contributed by atoms with Gasteiger partial charge >= 0.3 is 0 Å². The molecule has 0 bridgehead atoms. The van der Waals surface area contributed by atoms with Crippen LogP contribution in [0.25, 0.3) is 0 Å². The summed E-state index contributed by atoms with van der Waals surface area (Å²) in [6.07, 6.45) is 0.453. The molecule has 9 nitrogen and oxygen atoms in total. The van der Waals surface area contributed by atoms with Crippen molar-refractivity contribution in [2.24, 2.45) is 5.73 Å². The average Bonchev–Trinajstić information content (AvgIpc) is 3.27. The van der Waals surface area contributed by atoms with E-state index < -0.39 is 28.0 Å². The number of sulfonamides is 1. The van der Waals surface area contributed by atoms with Gasteiger partial charge < -0.3 is 16.0 Å². The first-order valence-corrected chi connectivity index (χ1v) is 11.5. The zero-order valence-electron chi connectivity index (χ0n) is 15.3. The Hall–Kier alpha value is -2.05. The van der Waals surface area contributed by atoms with Crippen LogP contribution in [0.2, 0.25) is 5.15 Å². The number of amides is 2. The summed E-state index contributed by atoms with van der Waals surface area (Å²) < 4.78 is 27.5. The minimum atomic E-state index is -3.98. The highest BCUT2D eigenvalue weighted by Crippen LogP contribution is 2.28. The Kier molecular flexibility index (Phi) is 6.85. The highest BCUT2D eigenvalue weighted by atomic mass is 35.5. The Balaban J connectivity index is 2.02. The van der Waals surface area contributed by atoms with Gasteiger partial charge in [0.2, 0.25) is 0 Å². The second-order valence-corrected chi connectivity index (χ2v) is 9.62. The van der Waals surface area contributed by atoms with Gasteiger partial charge in [0.15, 0.2) is 6.17 Å². The normalized spacial score (nSPS) is 17.9. The molecule has 1 fully saturated rings. The second-order valence-electron chi connectivity index (χ2n) is 6.20. The predicted molar refractivity (Wildman–Crippen MR) is 109 cm³/mol. The van der Waals surface area contributed by atoms with Crippen molar-refractivity contribution in [1.82, 2.24) is 19.5 Å². The molecular formula is C17H20ClN5O4S2. The van der Waals surface area contributed by atoms with Crippen molar-refractivity contribution in [3.63, 3.8) is 0 Å². The third-order valence-electron chi connectivity index (χ3n) is 4.33. The quantitative estimate of drug-likeness (QED) is 0.616. The molecule has 0 radical (unpaired) electrons. The largest absolute Gasteiger partial charge is 0.352 e. The van der Waals surface area contributed by atoms with E-state index >= 15 is 0 Å². The summed E-state index contributed by atoms with van der Waals surface area (Å²) in [6, 6.07) is 6.11. The van der Waals surface area contributed by atoms with Gasteiger partial charge in [-0.25, -0.2) is 13.4 Å². The number of hydrogen-bond acceptors (Lipinski definition) is 7. The molecule has 0 aliphatic carbocycles. The molecule has 3 heterocycles. The fourth-order valence-corrected chi connectivity index (χ4v) is 5.96. The molecule has 1 unspecified atom stereocenters. The molecule has 156 valence electrons. The number of halogens is 1. The van der Waals surface area contributed by atoms with Gasteiger partial charge in [-0.1, -0.05) is 17.7 Å². The van der Waals surface area contributed by atoms with E-state index in [1.165, 1.54) is 23.2 Å². The van der Waals surface area contributed by atoms with Gasteiger partial charge in [-0.05, 0) is 30.0 Å². The van der Waals surface area contributed by atoms with E-state index in [0.29, 0.717) is 6.42 Å². The third-order valence-corrected chi connectivity index (χ3v) is 7.86. The van der Waals surface area contributed by atoms with Crippen molar-refractivity contribution >= 4 is 44.8 Å². The Morgan fingerprint density at radius 2 is 2.10 bits per heavy atom. The summed E-state index contributed by atoms with van der Waals surface area (Å²) >= 11 is 7.10. The standard InChI is InChI=1S/C17H20ClN5O4S2/c18-14-12(4-1-7-20-14)17(25)22-9-3-10-23(16(22)15(24)21-8-6-19)29(26,27)13-5-2-11-28-13/h1-2,4-5,7,11,16H,3,6,8-10,19H2,(H,21,24). The maximum Gasteiger partial charge on any atom is 0.259 e. The van der Waals surface area contributed by atoms with Gasteiger partial charge in [-0.3, -0.25) is 9.59 Å². The third kappa shape index (κ3) is 4.43. The highest BCUT2D eigenvalue weighted by Gasteiger charge is 2.44. The smallest absolute Gasteiger partial charge is 0.259 e. The topological polar surface area (TPSA) is 126 Å². The van der Waals surface area contributed by atoms with Crippen molar-refractivity contribution in [3.8, 4) is 0 Å². The number of nitrogens with zero attached hydrogens (tertiary/aromatic N) is 3. The number of nitrogens with two attached hydrogens (primary N) is 1. The van der Waals surface area contributed by atoms with E-state index in [1.807, 2.05) is 0 Å². The van der Waals surface area contributed by atoms with Crippen molar-refractivity contribution in [2.75, 3.05) is 26.2 Å². The molecule has 1 aliphatic heterocycles. The van der Waals surface area contributed by atoms with Crippen molar-refractivity contribution in [2.45, 2.75) is 16.8 Å². The van der Waals surface area contributed by atoms with Crippen LogP contribution in [0.5, 0.6) is 0 Å². The number of thiophene rings is 1. The van der Waals surface area contributed by atoms with Crippen LogP contribution in [0, 0.1) is 0 Å². The van der Waals surface area contributed by atoms with E-state index in [4.69, 9.17) is 17.3 Å². The fourth-order valence-electron chi connectivity index (χ4n) is 3.05. The van der Waals surface area contributed by atoms with Crippen LogP contribution < -0.4 is 11.1 Å². The van der Waals surface area contributed by atoms with E-state index in [9.17, 15) is 18.0 Å². The first-order chi connectivity index (χ1) is 13.9. The summed E-state index contributed by atoms with van der Waals surface area (Å²) in [6.45, 7) is 0.628. The Morgan fingerprint density at radius 1 is 1.31 bits per heavy atom. The zero-order valence-corrected chi connectivity index (χ0v) is 17.7. The number of rotatable bonds is 6. The Bertz CT molecular complexity index is 983. The molecule has 12 heteroatoms. The number of aromatic nitrogens is 1. The maximum absolute atomic E-state index is 13.2. The summed E-state index contributed by atoms with van der Waals surface area (Å²) in [5.41, 5.74) is 5.56. The van der Waals surface area contributed by atoms with Crippen LogP contribution in [-0.2, 0) is 14.8 Å². The van der Waals surface area contributed by atoms with E-state index in [2.05, 4.69) is 10.3 Å². The average molecular weight is 458 g/mol. The van der Waals surface area contributed by atoms with Crippen molar-refractivity contribution in [3.05, 3.63) is 46.6 Å². The summed E-state index contributed by atoms with van der Waals surface area (Å²) in [5.74, 6) is -1.19. The predicted octanol–water partition coefficient (Wildman–Crippen LogP) is 0.734. The minimum Gasteiger partial charge on any atom is -0.352 e. The first kappa shape index (κ1) is 21.7. The summed E-state index contributed by atoms with van der Waals surface area (Å²) in [4.78, 5) is 31.2. The molecule has 2 amide bonds. The molecule has 29 heavy (non-hydrogen) atoms. The molecule has 1 aliphatic rings. The van der Waals surface area contributed by atoms with Crippen molar-refractivity contribution in [1.29, 1.82) is 0 Å². The van der Waals surface area contributed by atoms with Gasteiger partial charge in [0.05, 0.1) is 5.56 Å². The monoisotopic (exact) mass is 457 g/mol. The lowest BCUT2D eigenvalue weighted by Crippen LogP contribution is -2.63. The Morgan fingerprint density at radius 3 is 2.76 bits per heavy atom. The fraction of sp³-hybridized carbons (Fsp3) is 0.353. The lowest BCUT2D eigenvalue weighted by Gasteiger charge is -2.41. The molecule has 1 saturated heterocycles. The van der Waals surface area contributed by atoms with Crippen LogP contribution >= 0.6 is 22.9 Å². The number of carbonyl (C=O) groups excluding carboxylic acids is 2. The lowest BCUT2D eigenvalue weighted by molar-refractivity contribution is -0.130. The number of nitrogens with one attached hydrogen (secondary N) is 1. The molecular weight excluding hydrogens is 438 g/mol. The lowest BCUT2D eigenvalue weighted by atomic mass is 10.2. The van der Waals surface area contributed by atoms with Crippen LogP contribution in [0.3, 0.4) is 0 Å². The number of carbonyl (C=O) groups is 2. The molecule has 0 saturated carbocycles. The van der Waals surface area contributed by atoms with Gasteiger partial charge in [0, 0.05) is 32.4 Å². The molecule has 3 N–H and O–H groups in total. The Labute approximate surface area is 177 Å². The van der Waals surface area contributed by atoms with Crippen LogP contribution in [0.1, 0.15) is 16.8 Å². The van der Waals surface area contributed by atoms with Gasteiger partial charge in [0.1, 0.15) is 9.36 Å². The zero-order chi connectivity index (χ0) is 21.0. The van der Waals surface area contributed by atoms with Gasteiger partial charge in [-0.15, -0.1) is 11.3 Å². The van der Waals surface area contributed by atoms with E-state index in [-0.39, 0.29) is 41.1 Å². The highest BCUT2D eigenvalue weighted by molar-refractivity contribution is 7.91. The van der Waals surface area contributed by atoms with Crippen LogP contribution in [0.15, 0.2) is 40.1 Å². The molecule has 0 spiro atoms. The molecule has 2 aromatic heterocycles. The van der Waals surface area contributed by atoms with E-state index in [1.54, 1.807) is 17.5 Å². The van der Waals surface area contributed by atoms with Crippen LogP contribution in [0.4, 0.5) is 0 Å². The number of hydrogen-bond donors (Lipinski definition) is 2. The summed E-state index contributed by atoms with van der Waals surface area (Å²) in [7, 11) is -3.98. The maximum atomic E-state index is 13.2. The first-order valence-electron chi connectivity index (χ1n) is 8.82. The van der Waals surface area contributed by atoms with Crippen molar-refractivity contribution < 1.29 is 18.0 Å². The van der Waals surface area contributed by atoms with E-state index in [0.717, 1.165) is 15.6 Å². The minimum absolute atomic E-state index is 0.0168. The molecule has 1 atom stereocenters. The van der Waals surface area contributed by atoms with Crippen LogP contribution in [-0.4, -0.2) is 66.8 Å². The number of pyridine rings is 1.